The number of hydrogen-bond acceptors (Lipinski definition) is 3. The second-order valence-corrected chi connectivity index (χ2v) is 7.04. The first-order chi connectivity index (χ1) is 14.7. The van der Waals surface area contributed by atoms with E-state index in [-0.39, 0.29) is 5.91 Å². The normalized spacial score (nSPS) is 11.0. The van der Waals surface area contributed by atoms with E-state index in [2.05, 4.69) is 21.5 Å². The molecular weight excluding hydrogens is 374 g/mol. The fourth-order valence-electron chi connectivity index (χ4n) is 3.52. The minimum absolute atomic E-state index is 0.208. The lowest BCUT2D eigenvalue weighted by Gasteiger charge is -2.11. The summed E-state index contributed by atoms with van der Waals surface area (Å²) in [5.41, 5.74) is 5.33. The zero-order valence-corrected chi connectivity index (χ0v) is 16.4. The van der Waals surface area contributed by atoms with Gasteiger partial charge >= 0.3 is 0 Å². The van der Waals surface area contributed by atoms with Gasteiger partial charge < -0.3 is 9.72 Å². The maximum absolute atomic E-state index is 13.0. The molecule has 5 aromatic rings. The van der Waals surface area contributed by atoms with E-state index >= 15 is 0 Å². The number of carbonyl (C=O) groups excluding carboxylic acids is 1. The molecule has 4 aromatic heterocycles. The first-order valence-electron chi connectivity index (χ1n) is 9.63. The minimum Gasteiger partial charge on any atom is -0.320 e. The monoisotopic (exact) mass is 393 g/mol. The fraction of sp³-hybridized carbons (Fsp3) is 0.0417. The summed E-state index contributed by atoms with van der Waals surface area (Å²) in [4.78, 5) is 17.2. The van der Waals surface area contributed by atoms with E-state index in [1.54, 1.807) is 23.1 Å². The number of nitrogens with one attached hydrogen (secondary N) is 1. The van der Waals surface area contributed by atoms with Crippen molar-refractivity contribution in [2.24, 2.45) is 0 Å². The molecule has 0 aliphatic rings. The molecule has 6 nitrogen and oxygen atoms in total. The van der Waals surface area contributed by atoms with Crippen LogP contribution in [0.4, 0.5) is 5.69 Å². The molecule has 5 rings (SSSR count). The summed E-state index contributed by atoms with van der Waals surface area (Å²) >= 11 is 0. The Bertz CT molecular complexity index is 1350. The second-order valence-electron chi connectivity index (χ2n) is 7.04. The molecule has 1 aromatic carbocycles. The van der Waals surface area contributed by atoms with Crippen LogP contribution in [0.3, 0.4) is 0 Å². The Kier molecular flexibility index (Phi) is 4.37. The van der Waals surface area contributed by atoms with Crippen LogP contribution in [0.1, 0.15) is 16.1 Å². The first-order valence-corrected chi connectivity index (χ1v) is 9.63. The molecule has 0 aliphatic carbocycles. The van der Waals surface area contributed by atoms with Crippen LogP contribution in [0, 0.1) is 6.92 Å². The zero-order chi connectivity index (χ0) is 20.5. The Morgan fingerprint density at radius 2 is 1.77 bits per heavy atom. The molecule has 4 heterocycles. The average Bonchev–Trinajstić information content (AvgIpc) is 3.42. The summed E-state index contributed by atoms with van der Waals surface area (Å²) in [5, 5.41) is 7.40. The van der Waals surface area contributed by atoms with Crippen LogP contribution in [0.15, 0.2) is 91.5 Å². The largest absolute Gasteiger partial charge is 0.320 e. The summed E-state index contributed by atoms with van der Waals surface area (Å²) < 4.78 is 3.69. The molecule has 0 atom stereocenters. The molecule has 146 valence electrons. The van der Waals surface area contributed by atoms with Crippen molar-refractivity contribution in [2.75, 3.05) is 5.32 Å². The predicted molar refractivity (Wildman–Crippen MR) is 117 cm³/mol. The molecule has 30 heavy (non-hydrogen) atoms. The smallest absolute Gasteiger partial charge is 0.274 e. The molecular formula is C24H19N5O. The Morgan fingerprint density at radius 3 is 2.60 bits per heavy atom. The van der Waals surface area contributed by atoms with Gasteiger partial charge in [0.1, 0.15) is 11.5 Å². The number of para-hydroxylation sites is 1. The lowest BCUT2D eigenvalue weighted by Crippen LogP contribution is -2.18. The number of anilines is 1. The number of aromatic nitrogens is 4. The minimum atomic E-state index is -0.208. The number of aryl methyl sites for hydroxylation is 1. The van der Waals surface area contributed by atoms with Gasteiger partial charge in [0.25, 0.3) is 5.91 Å². The standard InChI is InChI=1S/C24H19N5O/c1-17-5-2-3-7-21(17)27-24(30)22-12-14-26-29(22)23-11-10-20-9-8-19(16-28(20)23)18-6-4-13-25-15-18/h2-16H,1H3,(H,27,30). The van der Waals surface area contributed by atoms with Crippen LogP contribution < -0.4 is 5.32 Å². The van der Waals surface area contributed by atoms with Gasteiger partial charge in [0, 0.05) is 35.4 Å². The third kappa shape index (κ3) is 3.14. The van der Waals surface area contributed by atoms with E-state index in [4.69, 9.17) is 0 Å². The van der Waals surface area contributed by atoms with Crippen LogP contribution in [0.25, 0.3) is 22.5 Å². The maximum Gasteiger partial charge on any atom is 0.274 e. The Hall–Kier alpha value is -4.19. The van der Waals surface area contributed by atoms with Crippen molar-refractivity contribution in [1.82, 2.24) is 19.2 Å². The van der Waals surface area contributed by atoms with E-state index < -0.39 is 0 Å². The quantitative estimate of drug-likeness (QED) is 0.479. The van der Waals surface area contributed by atoms with Crippen molar-refractivity contribution in [2.45, 2.75) is 6.92 Å². The molecule has 0 saturated carbocycles. The molecule has 0 fully saturated rings. The van der Waals surface area contributed by atoms with E-state index in [0.717, 1.165) is 33.7 Å². The van der Waals surface area contributed by atoms with Crippen LogP contribution in [0.2, 0.25) is 0 Å². The van der Waals surface area contributed by atoms with Gasteiger partial charge in [-0.05, 0) is 54.4 Å². The Morgan fingerprint density at radius 1 is 0.900 bits per heavy atom. The van der Waals surface area contributed by atoms with Gasteiger partial charge in [-0.1, -0.05) is 30.3 Å². The molecule has 0 aliphatic heterocycles. The number of carbonyl (C=O) groups is 1. The van der Waals surface area contributed by atoms with Crippen LogP contribution in [-0.4, -0.2) is 25.1 Å². The highest BCUT2D eigenvalue weighted by atomic mass is 16.2. The summed E-state index contributed by atoms with van der Waals surface area (Å²) in [6.07, 6.45) is 7.26. The molecule has 0 saturated heterocycles. The molecule has 0 unspecified atom stereocenters. The highest BCUT2D eigenvalue weighted by molar-refractivity contribution is 6.03. The van der Waals surface area contributed by atoms with Gasteiger partial charge in [-0.25, -0.2) is 4.68 Å². The Balaban J connectivity index is 1.55. The number of hydrogen-bond donors (Lipinski definition) is 1. The number of amides is 1. The molecule has 6 heteroatoms. The van der Waals surface area contributed by atoms with Crippen LogP contribution in [-0.2, 0) is 0 Å². The number of fused-ring (bicyclic) bond motifs is 1. The lowest BCUT2D eigenvalue weighted by molar-refractivity contribution is 0.101. The predicted octanol–water partition coefficient (Wildman–Crippen LogP) is 4.75. The van der Waals surface area contributed by atoms with E-state index in [0.29, 0.717) is 5.69 Å². The number of rotatable bonds is 4. The van der Waals surface area contributed by atoms with E-state index in [9.17, 15) is 4.79 Å². The van der Waals surface area contributed by atoms with E-state index in [1.165, 1.54) is 0 Å². The Labute approximate surface area is 173 Å². The summed E-state index contributed by atoms with van der Waals surface area (Å²) in [6.45, 7) is 1.97. The van der Waals surface area contributed by atoms with Crippen molar-refractivity contribution in [3.8, 4) is 16.9 Å². The molecule has 1 N–H and O–H groups in total. The zero-order valence-electron chi connectivity index (χ0n) is 16.4. The van der Waals surface area contributed by atoms with Crippen LogP contribution in [0.5, 0.6) is 0 Å². The van der Waals surface area contributed by atoms with Crippen molar-refractivity contribution >= 4 is 17.1 Å². The van der Waals surface area contributed by atoms with Gasteiger partial charge in [-0.2, -0.15) is 5.10 Å². The number of pyridine rings is 2. The van der Waals surface area contributed by atoms with Gasteiger partial charge in [-0.3, -0.25) is 9.78 Å². The molecule has 0 bridgehead atoms. The summed E-state index contributed by atoms with van der Waals surface area (Å²) in [7, 11) is 0. The van der Waals surface area contributed by atoms with Crippen molar-refractivity contribution < 1.29 is 4.79 Å². The van der Waals surface area contributed by atoms with Gasteiger partial charge in [-0.15, -0.1) is 0 Å². The molecule has 0 spiro atoms. The number of benzene rings is 1. The molecule has 0 radical (unpaired) electrons. The van der Waals surface area contributed by atoms with Gasteiger partial charge in [0.15, 0.2) is 0 Å². The molecule has 1 amide bonds. The van der Waals surface area contributed by atoms with Crippen molar-refractivity contribution in [3.63, 3.8) is 0 Å². The van der Waals surface area contributed by atoms with Gasteiger partial charge in [0.05, 0.1) is 6.20 Å². The van der Waals surface area contributed by atoms with Crippen LogP contribution >= 0.6 is 0 Å². The second kappa shape index (κ2) is 7.33. The summed E-state index contributed by atoms with van der Waals surface area (Å²) in [6, 6.07) is 21.4. The fourth-order valence-corrected chi connectivity index (χ4v) is 3.52. The van der Waals surface area contributed by atoms with Crippen molar-refractivity contribution in [3.05, 3.63) is 103 Å². The van der Waals surface area contributed by atoms with E-state index in [1.807, 2.05) is 78.3 Å². The SMILES string of the molecule is Cc1ccccc1NC(=O)c1ccnn1-c1ccc2ccc(-c3cccnc3)cn12. The highest BCUT2D eigenvalue weighted by Gasteiger charge is 2.16. The number of nitrogens with zero attached hydrogens (tertiary/aromatic N) is 4. The van der Waals surface area contributed by atoms with Crippen molar-refractivity contribution in [1.29, 1.82) is 0 Å². The third-order valence-corrected chi connectivity index (χ3v) is 5.11. The third-order valence-electron chi connectivity index (χ3n) is 5.11. The lowest BCUT2D eigenvalue weighted by atomic mass is 10.1. The summed E-state index contributed by atoms with van der Waals surface area (Å²) in [5.74, 6) is 0.579. The first kappa shape index (κ1) is 17.9. The van der Waals surface area contributed by atoms with Gasteiger partial charge in [0.2, 0.25) is 0 Å². The topological polar surface area (TPSA) is 64.2 Å². The maximum atomic E-state index is 13.0. The average molecular weight is 393 g/mol. The highest BCUT2D eigenvalue weighted by Crippen LogP contribution is 2.23.